The number of furan rings is 1. The molecule has 194 valence electrons. The molecule has 0 spiro atoms. The maximum Gasteiger partial charge on any atom is 0.257 e. The molecule has 2 aromatic carbocycles. The van der Waals surface area contributed by atoms with E-state index < -0.39 is 6.04 Å². The van der Waals surface area contributed by atoms with Crippen molar-refractivity contribution in [1.29, 1.82) is 0 Å². The predicted molar refractivity (Wildman–Crippen MR) is 136 cm³/mol. The van der Waals surface area contributed by atoms with Crippen LogP contribution in [0.3, 0.4) is 0 Å². The van der Waals surface area contributed by atoms with Gasteiger partial charge in [0.05, 0.1) is 32.6 Å². The third kappa shape index (κ3) is 6.30. The van der Waals surface area contributed by atoms with Crippen LogP contribution in [0.25, 0.3) is 0 Å². The summed E-state index contributed by atoms with van der Waals surface area (Å²) in [5.74, 6) is 0.739. The van der Waals surface area contributed by atoms with Gasteiger partial charge in [0.15, 0.2) is 0 Å². The largest absolute Gasteiger partial charge is 0.497 e. The number of hydrogen-bond acceptors (Lipinski definition) is 6. The maximum absolute atomic E-state index is 13.3. The highest BCUT2D eigenvalue weighted by Crippen LogP contribution is 2.26. The number of benzene rings is 2. The number of carbonyl (C=O) groups is 3. The Morgan fingerprint density at radius 1 is 1.00 bits per heavy atom. The first-order chi connectivity index (χ1) is 18.0. The highest BCUT2D eigenvalue weighted by Gasteiger charge is 2.34. The average molecular weight is 506 g/mol. The summed E-state index contributed by atoms with van der Waals surface area (Å²) < 4.78 is 15.9. The van der Waals surface area contributed by atoms with Crippen LogP contribution in [0, 0.1) is 5.92 Å². The maximum atomic E-state index is 13.3. The number of methoxy groups -OCH3 is 2. The molecule has 3 amide bonds. The number of likely N-dealkylation sites (tertiary alicyclic amines) is 1. The van der Waals surface area contributed by atoms with Gasteiger partial charge in [0.1, 0.15) is 23.3 Å². The second-order valence-electron chi connectivity index (χ2n) is 8.81. The zero-order chi connectivity index (χ0) is 26.2. The van der Waals surface area contributed by atoms with E-state index in [0.29, 0.717) is 54.3 Å². The molecule has 1 aliphatic heterocycles. The van der Waals surface area contributed by atoms with E-state index >= 15 is 0 Å². The van der Waals surface area contributed by atoms with Crippen LogP contribution >= 0.6 is 0 Å². The van der Waals surface area contributed by atoms with Gasteiger partial charge in [0.25, 0.3) is 11.8 Å². The Morgan fingerprint density at radius 3 is 2.49 bits per heavy atom. The van der Waals surface area contributed by atoms with Gasteiger partial charge in [-0.25, -0.2) is 0 Å². The van der Waals surface area contributed by atoms with Crippen LogP contribution in [-0.2, 0) is 11.3 Å². The molecule has 1 fully saturated rings. The summed E-state index contributed by atoms with van der Waals surface area (Å²) in [7, 11) is 3.07. The number of nitrogens with zero attached hydrogens (tertiary/aromatic N) is 1. The first-order valence-corrected chi connectivity index (χ1v) is 12.2. The van der Waals surface area contributed by atoms with Gasteiger partial charge in [-0.15, -0.1) is 0 Å². The van der Waals surface area contributed by atoms with Crippen LogP contribution in [0.15, 0.2) is 71.3 Å². The number of amides is 3. The summed E-state index contributed by atoms with van der Waals surface area (Å²) in [6.07, 6.45) is 2.65. The SMILES string of the molecule is COc1cccc(C(=O)NC(C(=O)NCc2ccco2)C2CCN(C(=O)c3ccccc3OC)CC2)c1. The molecule has 1 unspecified atom stereocenters. The number of para-hydroxylation sites is 1. The summed E-state index contributed by atoms with van der Waals surface area (Å²) in [5, 5.41) is 5.79. The van der Waals surface area contributed by atoms with Gasteiger partial charge in [-0.1, -0.05) is 18.2 Å². The molecule has 0 aliphatic carbocycles. The molecule has 2 heterocycles. The fraction of sp³-hybridized carbons (Fsp3) is 0.321. The zero-order valence-corrected chi connectivity index (χ0v) is 20.9. The van der Waals surface area contributed by atoms with Gasteiger partial charge < -0.3 is 29.4 Å². The number of nitrogens with one attached hydrogen (secondary N) is 2. The topological polar surface area (TPSA) is 110 Å². The third-order valence-electron chi connectivity index (χ3n) is 6.55. The van der Waals surface area contributed by atoms with Crippen molar-refractivity contribution in [2.45, 2.75) is 25.4 Å². The second-order valence-corrected chi connectivity index (χ2v) is 8.81. The predicted octanol–water partition coefficient (Wildman–Crippen LogP) is 3.26. The number of ether oxygens (including phenoxy) is 2. The molecule has 4 rings (SSSR count). The lowest BCUT2D eigenvalue weighted by atomic mass is 9.88. The van der Waals surface area contributed by atoms with Crippen LogP contribution < -0.4 is 20.1 Å². The van der Waals surface area contributed by atoms with E-state index in [1.807, 2.05) is 6.07 Å². The van der Waals surface area contributed by atoms with E-state index in [4.69, 9.17) is 13.9 Å². The van der Waals surface area contributed by atoms with Crippen molar-refractivity contribution in [1.82, 2.24) is 15.5 Å². The van der Waals surface area contributed by atoms with E-state index in [1.165, 1.54) is 20.5 Å². The summed E-state index contributed by atoms with van der Waals surface area (Å²) in [5.41, 5.74) is 0.898. The van der Waals surface area contributed by atoms with Crippen LogP contribution in [0.1, 0.15) is 39.3 Å². The standard InChI is InChI=1S/C28H31N3O6/c1-35-21-8-5-7-20(17-21)26(32)30-25(27(33)29-18-22-9-6-16-37-22)19-12-14-31(15-13-19)28(34)23-10-3-4-11-24(23)36-2/h3-11,16-17,19,25H,12-15,18H2,1-2H3,(H,29,33)(H,30,32). The lowest BCUT2D eigenvalue weighted by Crippen LogP contribution is -2.53. The van der Waals surface area contributed by atoms with E-state index in [-0.39, 0.29) is 30.2 Å². The molecule has 9 nitrogen and oxygen atoms in total. The minimum atomic E-state index is -0.780. The van der Waals surface area contributed by atoms with E-state index in [1.54, 1.807) is 59.5 Å². The molecular formula is C28H31N3O6. The molecule has 0 bridgehead atoms. The van der Waals surface area contributed by atoms with Crippen LogP contribution in [0.4, 0.5) is 0 Å². The molecular weight excluding hydrogens is 474 g/mol. The van der Waals surface area contributed by atoms with Crippen LogP contribution in [-0.4, -0.2) is 56.0 Å². The van der Waals surface area contributed by atoms with Gasteiger partial charge in [-0.05, 0) is 61.2 Å². The van der Waals surface area contributed by atoms with Crippen LogP contribution in [0.5, 0.6) is 11.5 Å². The van der Waals surface area contributed by atoms with E-state index in [0.717, 1.165) is 0 Å². The number of piperidine rings is 1. The molecule has 1 saturated heterocycles. The third-order valence-corrected chi connectivity index (χ3v) is 6.55. The lowest BCUT2D eigenvalue weighted by molar-refractivity contribution is -0.124. The summed E-state index contributed by atoms with van der Waals surface area (Å²) >= 11 is 0. The van der Waals surface area contributed by atoms with Crippen molar-refractivity contribution in [3.8, 4) is 11.5 Å². The molecule has 3 aromatic rings. The Morgan fingerprint density at radius 2 is 1.78 bits per heavy atom. The minimum Gasteiger partial charge on any atom is -0.497 e. The lowest BCUT2D eigenvalue weighted by Gasteiger charge is -2.36. The summed E-state index contributed by atoms with van der Waals surface area (Å²) in [6, 6.07) is 16.6. The Balaban J connectivity index is 1.46. The first kappa shape index (κ1) is 25.8. The van der Waals surface area contributed by atoms with E-state index in [9.17, 15) is 14.4 Å². The highest BCUT2D eigenvalue weighted by atomic mass is 16.5. The normalized spacial score (nSPS) is 14.5. The molecule has 0 saturated carbocycles. The van der Waals surface area contributed by atoms with Gasteiger partial charge in [-0.2, -0.15) is 0 Å². The molecule has 0 radical (unpaired) electrons. The Bertz CT molecular complexity index is 1220. The Kier molecular flexibility index (Phi) is 8.45. The smallest absolute Gasteiger partial charge is 0.257 e. The number of hydrogen-bond donors (Lipinski definition) is 2. The number of carbonyl (C=O) groups excluding carboxylic acids is 3. The van der Waals surface area contributed by atoms with Gasteiger partial charge in [-0.3, -0.25) is 14.4 Å². The second kappa shape index (κ2) is 12.1. The molecule has 37 heavy (non-hydrogen) atoms. The molecule has 1 atom stereocenters. The van der Waals surface area contributed by atoms with Gasteiger partial charge >= 0.3 is 0 Å². The Labute approximate surface area is 215 Å². The average Bonchev–Trinajstić information content (AvgIpc) is 3.48. The van der Waals surface area contributed by atoms with E-state index in [2.05, 4.69) is 10.6 Å². The van der Waals surface area contributed by atoms with Crippen LogP contribution in [0.2, 0.25) is 0 Å². The first-order valence-electron chi connectivity index (χ1n) is 12.2. The fourth-order valence-electron chi connectivity index (χ4n) is 4.51. The van der Waals surface area contributed by atoms with Crippen molar-refractivity contribution < 1.29 is 28.3 Å². The van der Waals surface area contributed by atoms with Crippen molar-refractivity contribution in [3.05, 3.63) is 83.8 Å². The van der Waals surface area contributed by atoms with Crippen molar-refractivity contribution >= 4 is 17.7 Å². The van der Waals surface area contributed by atoms with Crippen molar-refractivity contribution in [2.75, 3.05) is 27.3 Å². The quantitative estimate of drug-likeness (QED) is 0.462. The summed E-state index contributed by atoms with van der Waals surface area (Å²) in [4.78, 5) is 41.2. The highest BCUT2D eigenvalue weighted by molar-refractivity contribution is 5.98. The summed E-state index contributed by atoms with van der Waals surface area (Å²) in [6.45, 7) is 1.12. The minimum absolute atomic E-state index is 0.116. The van der Waals surface area contributed by atoms with Gasteiger partial charge in [0, 0.05) is 18.7 Å². The molecule has 1 aromatic heterocycles. The number of rotatable bonds is 9. The monoisotopic (exact) mass is 505 g/mol. The molecule has 9 heteroatoms. The molecule has 2 N–H and O–H groups in total. The van der Waals surface area contributed by atoms with Gasteiger partial charge in [0.2, 0.25) is 5.91 Å². The van der Waals surface area contributed by atoms with Crippen molar-refractivity contribution in [3.63, 3.8) is 0 Å². The zero-order valence-electron chi connectivity index (χ0n) is 20.9. The molecule has 1 aliphatic rings. The van der Waals surface area contributed by atoms with Crippen molar-refractivity contribution in [2.24, 2.45) is 5.92 Å². The fourth-order valence-corrected chi connectivity index (χ4v) is 4.51. The Hall–Kier alpha value is -4.27.